The summed E-state index contributed by atoms with van der Waals surface area (Å²) in [6.45, 7) is 22.3. The second-order valence-electron chi connectivity index (χ2n) is 26.1. The summed E-state index contributed by atoms with van der Waals surface area (Å²) in [6, 6.07) is -1.29. The monoisotopic (exact) mass is 1510 g/mol. The molecule has 3 rings (SSSR count). The Morgan fingerprint density at radius 3 is 0.838 bits per heavy atom. The number of esters is 3. The van der Waals surface area contributed by atoms with Gasteiger partial charge >= 0.3 is 17.9 Å². The van der Waals surface area contributed by atoms with Crippen molar-refractivity contribution in [3.05, 3.63) is 0 Å². The first kappa shape index (κ1) is 93.3. The van der Waals surface area contributed by atoms with Crippen molar-refractivity contribution in [1.29, 1.82) is 0 Å². The van der Waals surface area contributed by atoms with E-state index < -0.39 is 91.2 Å². The van der Waals surface area contributed by atoms with Crippen LogP contribution in [0.15, 0.2) is 0 Å². The van der Waals surface area contributed by atoms with Crippen LogP contribution in [0.25, 0.3) is 0 Å². The Morgan fingerprint density at radius 1 is 0.333 bits per heavy atom. The minimum absolute atomic E-state index is 0.0352. The first-order chi connectivity index (χ1) is 50.2. The van der Waals surface area contributed by atoms with Crippen molar-refractivity contribution in [3.63, 3.8) is 0 Å². The normalized spacial score (nSPS) is 25.0. The second-order valence-corrected chi connectivity index (χ2v) is 26.1. The zero-order chi connectivity index (χ0) is 77.5. The maximum absolute atomic E-state index is 13.0. The van der Waals surface area contributed by atoms with Crippen LogP contribution in [0.1, 0.15) is 102 Å². The molecule has 9 N–H and O–H groups in total. The highest BCUT2D eigenvalue weighted by atomic mass is 16.7. The Labute approximate surface area is 616 Å². The Hall–Kier alpha value is -5.94. The van der Waals surface area contributed by atoms with E-state index in [0.29, 0.717) is 0 Å². The molecule has 0 saturated carbocycles. The minimum atomic E-state index is -1.39. The average Bonchev–Trinajstić information content (AvgIpc) is 0.817. The molecule has 36 heteroatoms. The molecule has 0 aromatic carbocycles. The van der Waals surface area contributed by atoms with Gasteiger partial charge in [0.25, 0.3) is 0 Å². The molecular weight excluding hydrogens is 1390 g/mol. The van der Waals surface area contributed by atoms with Gasteiger partial charge in [-0.3, -0.25) is 47.9 Å². The molecular formula is C69H122N8O28. The molecule has 0 aromatic rings. The summed E-state index contributed by atoms with van der Waals surface area (Å²) in [5, 5.41) is 19.8. The molecule has 0 bridgehead atoms. The average molecular weight is 1510 g/mol. The highest BCUT2D eigenvalue weighted by Crippen LogP contribution is 2.34. The van der Waals surface area contributed by atoms with E-state index in [1.165, 1.54) is 41.5 Å². The lowest BCUT2D eigenvalue weighted by molar-refractivity contribution is -0.247. The number of hydrogen-bond donors (Lipinski definition) is 8. The van der Waals surface area contributed by atoms with Gasteiger partial charge in [0.15, 0.2) is 18.9 Å². The molecule has 0 aliphatic carbocycles. The van der Waals surface area contributed by atoms with Crippen molar-refractivity contribution in [3.8, 4) is 0 Å². The van der Waals surface area contributed by atoms with Gasteiger partial charge < -0.3 is 128 Å². The minimum Gasteiger partial charge on any atom is -0.463 e. The van der Waals surface area contributed by atoms with Gasteiger partial charge in [0, 0.05) is 80.4 Å². The lowest BCUT2D eigenvalue weighted by atomic mass is 9.82. The molecule has 3 aliphatic heterocycles. The van der Waals surface area contributed by atoms with Gasteiger partial charge in [0.1, 0.15) is 25.4 Å². The lowest BCUT2D eigenvalue weighted by Crippen LogP contribution is -2.60. The molecule has 606 valence electrons. The summed E-state index contributed by atoms with van der Waals surface area (Å²) in [7, 11) is 0. The molecule has 3 aliphatic rings. The van der Waals surface area contributed by atoms with Crippen molar-refractivity contribution < 1.29 is 133 Å². The number of carbonyl (C=O) groups is 10. The van der Waals surface area contributed by atoms with Gasteiger partial charge in [-0.05, 0) is 35.5 Å². The van der Waals surface area contributed by atoms with E-state index in [-0.39, 0.29) is 268 Å². The number of amides is 7. The molecule has 6 unspecified atom stereocenters. The van der Waals surface area contributed by atoms with E-state index in [0.717, 1.165) is 0 Å². The first-order valence-corrected chi connectivity index (χ1v) is 36.2. The van der Waals surface area contributed by atoms with Crippen LogP contribution in [0, 0.1) is 35.5 Å². The molecule has 0 radical (unpaired) electrons. The summed E-state index contributed by atoms with van der Waals surface area (Å²) < 4.78 is 104. The molecule has 15 atom stereocenters. The second kappa shape index (κ2) is 53.8. The van der Waals surface area contributed by atoms with E-state index in [1.54, 1.807) is 0 Å². The Morgan fingerprint density at radius 2 is 0.590 bits per heavy atom. The van der Waals surface area contributed by atoms with Crippen LogP contribution in [-0.4, -0.2) is 305 Å². The smallest absolute Gasteiger partial charge is 0.302 e. The number of nitrogens with two attached hydrogens (primary N) is 1. The fourth-order valence-corrected chi connectivity index (χ4v) is 11.4. The number of carbonyl (C=O) groups excluding carboxylic acids is 10. The quantitative estimate of drug-likeness (QED) is 0.0200. The number of rotatable bonds is 56. The lowest BCUT2D eigenvalue weighted by Gasteiger charge is -2.44. The van der Waals surface area contributed by atoms with Crippen LogP contribution < -0.4 is 43.0 Å². The molecule has 7 amide bonds. The zero-order valence-corrected chi connectivity index (χ0v) is 63.6. The molecule has 0 aromatic heterocycles. The van der Waals surface area contributed by atoms with Gasteiger partial charge in [-0.25, -0.2) is 0 Å². The summed E-state index contributed by atoms with van der Waals surface area (Å²) in [6.07, 6.45) is -3.87. The van der Waals surface area contributed by atoms with Crippen LogP contribution in [0.4, 0.5) is 0 Å². The molecule has 3 saturated heterocycles. The zero-order valence-electron chi connectivity index (χ0n) is 63.6. The summed E-state index contributed by atoms with van der Waals surface area (Å²) in [5.74, 6) is -3.83. The van der Waals surface area contributed by atoms with Crippen LogP contribution in [0.5, 0.6) is 0 Å². The highest BCUT2D eigenvalue weighted by Gasteiger charge is 2.46. The topological polar surface area (TPSA) is 447 Å². The van der Waals surface area contributed by atoms with Gasteiger partial charge in [0.2, 0.25) is 41.4 Å². The largest absolute Gasteiger partial charge is 0.463 e. The Balaban J connectivity index is 1.43. The predicted molar refractivity (Wildman–Crippen MR) is 372 cm³/mol. The van der Waals surface area contributed by atoms with Gasteiger partial charge in [-0.1, -0.05) is 41.5 Å². The van der Waals surface area contributed by atoms with Crippen molar-refractivity contribution in [2.24, 2.45) is 41.2 Å². The van der Waals surface area contributed by atoms with Crippen molar-refractivity contribution >= 4 is 59.3 Å². The van der Waals surface area contributed by atoms with Crippen molar-refractivity contribution in [1.82, 2.24) is 37.2 Å². The third kappa shape index (κ3) is 39.7. The standard InChI is InChI=1S/C69H122N8O28/c1-44-47(4)63(74-50(7)78)66(103-56(44)38-100-53(10)81)97-34-31-91-28-25-88-22-16-71-59(84)13-19-94-41-69(77-62(87)37-70,42-95-20-14-60(85)72-17-23-89-26-29-92-32-35-98-67-64(75-51(8)79)48(5)45(2)57(104-67)39-101-54(11)82)43-96-21-15-61(86)73-18-24-90-27-30-93-33-36-99-68-65(76-52(9)80)49(6)46(3)58(105-68)40-102-55(12)83/h44-49,56-58,63-68H,13-43,70H2,1-12H3,(H,71,84)(H,72,85)(H,73,86)(H,74,78)(H,75,79)(H,76,80)(H,77,87)/t44-,45-,46-,47+,48+,49+,56?,57?,58?,63?,64?,65?,66-,67-,68-,69?/m1/s1. The maximum atomic E-state index is 13.0. The molecule has 105 heavy (non-hydrogen) atoms. The number of nitrogens with one attached hydrogen (secondary N) is 7. The molecule has 3 heterocycles. The SMILES string of the molecule is CC(=O)NC1[C@H](OCCOCCOCCNC(=O)CCOCC(COCCC(=O)NCCOCCOCCO[C@@H]2OC(COC(C)=O)[C@H](C)[C@H](C)C2NC(C)=O)(COCCC(=O)NCCOCCOCCO[C@@H]2OC(COC(C)=O)[C@H](C)[C@H](C)C2NC(C)=O)NC(=O)CN)OC(COC(C)=O)[C@H](C)[C@@H]1C. The van der Waals surface area contributed by atoms with E-state index in [2.05, 4.69) is 37.2 Å². The maximum Gasteiger partial charge on any atom is 0.302 e. The number of ether oxygens (including phenoxy) is 18. The Bertz CT molecular complexity index is 2290. The molecule has 36 nitrogen and oxygen atoms in total. The number of hydrogen-bond acceptors (Lipinski definition) is 29. The molecule has 0 spiro atoms. The Kier molecular flexibility index (Phi) is 47.8. The summed E-state index contributed by atoms with van der Waals surface area (Å²) in [4.78, 5) is 122. The van der Waals surface area contributed by atoms with Crippen LogP contribution in [0.3, 0.4) is 0 Å². The van der Waals surface area contributed by atoms with Crippen LogP contribution in [-0.2, 0) is 133 Å². The van der Waals surface area contributed by atoms with E-state index in [9.17, 15) is 47.9 Å². The van der Waals surface area contributed by atoms with Gasteiger partial charge in [-0.15, -0.1) is 0 Å². The van der Waals surface area contributed by atoms with E-state index in [1.807, 2.05) is 41.5 Å². The molecule has 3 fully saturated rings. The third-order valence-corrected chi connectivity index (χ3v) is 17.7. The first-order valence-electron chi connectivity index (χ1n) is 36.2. The van der Waals surface area contributed by atoms with Crippen molar-refractivity contribution in [2.75, 3.05) is 185 Å². The van der Waals surface area contributed by atoms with Crippen LogP contribution in [0.2, 0.25) is 0 Å². The predicted octanol–water partition coefficient (Wildman–Crippen LogP) is -1.29. The van der Waals surface area contributed by atoms with E-state index in [4.69, 9.17) is 91.0 Å². The van der Waals surface area contributed by atoms with Crippen molar-refractivity contribution in [2.45, 2.75) is 163 Å². The summed E-state index contributed by atoms with van der Waals surface area (Å²) in [5.41, 5.74) is 4.35. The highest BCUT2D eigenvalue weighted by molar-refractivity contribution is 5.79. The van der Waals surface area contributed by atoms with E-state index >= 15 is 0 Å². The summed E-state index contributed by atoms with van der Waals surface area (Å²) >= 11 is 0. The van der Waals surface area contributed by atoms with Gasteiger partial charge in [0.05, 0.1) is 182 Å². The fraction of sp³-hybridized carbons (Fsp3) is 0.855. The third-order valence-electron chi connectivity index (χ3n) is 17.7. The van der Waals surface area contributed by atoms with Crippen LogP contribution >= 0.6 is 0 Å². The fourth-order valence-electron chi connectivity index (χ4n) is 11.4. The van der Waals surface area contributed by atoms with Gasteiger partial charge in [-0.2, -0.15) is 0 Å².